The topological polar surface area (TPSA) is 58.5 Å². The van der Waals surface area contributed by atoms with E-state index in [1.807, 2.05) is 26.0 Å². The van der Waals surface area contributed by atoms with Crippen molar-refractivity contribution < 1.29 is 9.59 Å². The van der Waals surface area contributed by atoms with Crippen molar-refractivity contribution in [2.75, 3.05) is 0 Å². The first kappa shape index (κ1) is 14.0. The van der Waals surface area contributed by atoms with Crippen LogP contribution >= 0.6 is 0 Å². The van der Waals surface area contributed by atoms with Gasteiger partial charge in [-0.25, -0.2) is 4.99 Å². The maximum atomic E-state index is 12.1. The monoisotopic (exact) mass is 284 g/mol. The minimum absolute atomic E-state index is 0.0214. The number of hydrogen-bond donors (Lipinski definition) is 1. The predicted molar refractivity (Wildman–Crippen MR) is 81.6 cm³/mol. The van der Waals surface area contributed by atoms with Crippen LogP contribution in [-0.4, -0.2) is 17.5 Å². The van der Waals surface area contributed by atoms with Crippen molar-refractivity contribution >= 4 is 17.5 Å². The number of rotatable bonds is 2. The normalized spacial score (nSPS) is 25.9. The Hall–Kier alpha value is -1.97. The van der Waals surface area contributed by atoms with Crippen LogP contribution in [0.25, 0.3) is 0 Å². The molecule has 0 fully saturated rings. The fourth-order valence-corrected chi connectivity index (χ4v) is 3.20. The molecule has 3 aliphatic rings. The first-order valence-electron chi connectivity index (χ1n) is 7.59. The van der Waals surface area contributed by atoms with Crippen LogP contribution in [0.1, 0.15) is 39.5 Å². The van der Waals surface area contributed by atoms with Gasteiger partial charge in [0.1, 0.15) is 0 Å². The second-order valence-corrected chi connectivity index (χ2v) is 6.28. The highest BCUT2D eigenvalue weighted by Crippen LogP contribution is 2.39. The molecule has 4 nitrogen and oxygen atoms in total. The Morgan fingerprint density at radius 2 is 2.24 bits per heavy atom. The molecule has 0 spiro atoms. The molecule has 1 unspecified atom stereocenters. The number of nitrogens with one attached hydrogen (secondary N) is 1. The van der Waals surface area contributed by atoms with Gasteiger partial charge in [0.05, 0.1) is 5.71 Å². The van der Waals surface area contributed by atoms with Crippen molar-refractivity contribution in [2.45, 2.75) is 39.5 Å². The predicted octanol–water partition coefficient (Wildman–Crippen LogP) is 2.68. The fraction of sp³-hybridized carbons (Fsp3) is 0.471. The summed E-state index contributed by atoms with van der Waals surface area (Å²) in [4.78, 5) is 28.0. The summed E-state index contributed by atoms with van der Waals surface area (Å²) < 4.78 is 0. The SMILES string of the molecule is CC(C)CC(=O)N=C1C=CC2C(=C1)NC(=O)C1=C2CCC1. The molecule has 4 heteroatoms. The highest BCUT2D eigenvalue weighted by atomic mass is 16.2. The average Bonchev–Trinajstić information content (AvgIpc) is 2.87. The van der Waals surface area contributed by atoms with Gasteiger partial charge in [0, 0.05) is 23.6 Å². The van der Waals surface area contributed by atoms with Crippen LogP contribution in [0.3, 0.4) is 0 Å². The molecule has 0 bridgehead atoms. The number of carbonyl (C=O) groups is 2. The van der Waals surface area contributed by atoms with Crippen LogP contribution in [0.4, 0.5) is 0 Å². The zero-order chi connectivity index (χ0) is 15.0. The highest BCUT2D eigenvalue weighted by Gasteiger charge is 2.34. The molecule has 3 rings (SSSR count). The second-order valence-electron chi connectivity index (χ2n) is 6.28. The third-order valence-electron chi connectivity index (χ3n) is 4.10. The lowest BCUT2D eigenvalue weighted by Gasteiger charge is -2.28. The molecule has 1 aliphatic heterocycles. The Bertz CT molecular complexity index is 621. The van der Waals surface area contributed by atoms with Gasteiger partial charge >= 0.3 is 0 Å². The van der Waals surface area contributed by atoms with E-state index in [2.05, 4.69) is 16.4 Å². The molecule has 0 aromatic heterocycles. The van der Waals surface area contributed by atoms with Crippen LogP contribution in [0.2, 0.25) is 0 Å². The number of allylic oxidation sites excluding steroid dienone is 3. The number of amides is 2. The van der Waals surface area contributed by atoms with Gasteiger partial charge in [0.15, 0.2) is 0 Å². The van der Waals surface area contributed by atoms with Gasteiger partial charge in [0.2, 0.25) is 5.91 Å². The van der Waals surface area contributed by atoms with Crippen molar-refractivity contribution in [1.29, 1.82) is 0 Å². The summed E-state index contributed by atoms with van der Waals surface area (Å²) in [5, 5.41) is 2.95. The van der Waals surface area contributed by atoms with Crippen molar-refractivity contribution in [3.63, 3.8) is 0 Å². The first-order valence-corrected chi connectivity index (χ1v) is 7.59. The first-order chi connectivity index (χ1) is 10.0. The summed E-state index contributed by atoms with van der Waals surface area (Å²) >= 11 is 0. The van der Waals surface area contributed by atoms with E-state index >= 15 is 0 Å². The molecule has 2 amide bonds. The molecular weight excluding hydrogens is 264 g/mol. The third kappa shape index (κ3) is 2.75. The Kier molecular flexibility index (Phi) is 3.62. The Labute approximate surface area is 124 Å². The molecule has 0 saturated heterocycles. The number of carbonyl (C=O) groups excluding carboxylic acids is 2. The zero-order valence-electron chi connectivity index (χ0n) is 12.5. The van der Waals surface area contributed by atoms with Crippen molar-refractivity contribution in [3.8, 4) is 0 Å². The molecule has 0 saturated carbocycles. The van der Waals surface area contributed by atoms with E-state index in [0.717, 1.165) is 30.5 Å². The summed E-state index contributed by atoms with van der Waals surface area (Å²) in [6.07, 6.45) is 9.17. The number of aliphatic imine (C=N–C) groups is 1. The van der Waals surface area contributed by atoms with E-state index in [-0.39, 0.29) is 17.7 Å². The van der Waals surface area contributed by atoms with Crippen LogP contribution in [0, 0.1) is 11.8 Å². The summed E-state index contributed by atoms with van der Waals surface area (Å²) in [5.74, 6) is 0.380. The van der Waals surface area contributed by atoms with Gasteiger partial charge in [-0.15, -0.1) is 0 Å². The fourth-order valence-electron chi connectivity index (χ4n) is 3.20. The molecule has 0 radical (unpaired) electrons. The molecule has 0 aromatic rings. The summed E-state index contributed by atoms with van der Waals surface area (Å²) in [6.45, 7) is 4.00. The number of fused-ring (bicyclic) bond motifs is 2. The van der Waals surface area contributed by atoms with Crippen molar-refractivity contribution in [2.24, 2.45) is 16.8 Å². The van der Waals surface area contributed by atoms with Crippen molar-refractivity contribution in [1.82, 2.24) is 5.32 Å². The summed E-state index contributed by atoms with van der Waals surface area (Å²) in [6, 6.07) is 0. The molecule has 110 valence electrons. The third-order valence-corrected chi connectivity index (χ3v) is 4.10. The molecular formula is C17H20N2O2. The van der Waals surface area contributed by atoms with Crippen molar-refractivity contribution in [3.05, 3.63) is 35.1 Å². The highest BCUT2D eigenvalue weighted by molar-refractivity contribution is 6.11. The van der Waals surface area contributed by atoms with Crippen LogP contribution in [0.15, 0.2) is 40.1 Å². The molecule has 0 aromatic carbocycles. The minimum Gasteiger partial charge on any atom is -0.325 e. The van der Waals surface area contributed by atoms with Gasteiger partial charge in [0.25, 0.3) is 5.91 Å². The Morgan fingerprint density at radius 3 is 3.00 bits per heavy atom. The van der Waals surface area contributed by atoms with E-state index < -0.39 is 0 Å². The maximum absolute atomic E-state index is 12.1. The number of hydrogen-bond acceptors (Lipinski definition) is 2. The number of nitrogens with zero attached hydrogens (tertiary/aromatic N) is 1. The van der Waals surface area contributed by atoms with Gasteiger partial charge in [-0.05, 0) is 42.9 Å². The van der Waals surface area contributed by atoms with Gasteiger partial charge in [-0.1, -0.05) is 19.9 Å². The lowest BCUT2D eigenvalue weighted by molar-refractivity contribution is -0.118. The van der Waals surface area contributed by atoms with E-state index in [4.69, 9.17) is 0 Å². The van der Waals surface area contributed by atoms with Crippen LogP contribution in [0.5, 0.6) is 0 Å². The van der Waals surface area contributed by atoms with E-state index in [1.165, 1.54) is 5.57 Å². The quantitative estimate of drug-likeness (QED) is 0.847. The van der Waals surface area contributed by atoms with Gasteiger partial charge in [-0.2, -0.15) is 0 Å². The second kappa shape index (κ2) is 5.43. The summed E-state index contributed by atoms with van der Waals surface area (Å²) in [5.41, 5.74) is 3.69. The minimum atomic E-state index is -0.108. The van der Waals surface area contributed by atoms with E-state index in [0.29, 0.717) is 18.1 Å². The Balaban J connectivity index is 1.84. The molecule has 1 N–H and O–H groups in total. The average molecular weight is 284 g/mol. The van der Waals surface area contributed by atoms with Gasteiger partial charge < -0.3 is 5.32 Å². The zero-order valence-corrected chi connectivity index (χ0v) is 12.5. The smallest absolute Gasteiger partial charge is 0.251 e. The van der Waals surface area contributed by atoms with Crippen LogP contribution in [-0.2, 0) is 9.59 Å². The van der Waals surface area contributed by atoms with E-state index in [9.17, 15) is 9.59 Å². The lowest BCUT2D eigenvalue weighted by Crippen LogP contribution is -2.35. The molecule has 1 heterocycles. The Morgan fingerprint density at radius 1 is 1.43 bits per heavy atom. The van der Waals surface area contributed by atoms with E-state index in [1.54, 1.807) is 0 Å². The largest absolute Gasteiger partial charge is 0.325 e. The molecule has 2 aliphatic carbocycles. The van der Waals surface area contributed by atoms with Gasteiger partial charge in [-0.3, -0.25) is 9.59 Å². The standard InChI is InChI=1S/C17H20N2O2/c1-10(2)8-16(20)18-11-6-7-13-12-4-3-5-14(12)17(21)19-15(13)9-11/h6-7,9-10,13H,3-5,8H2,1-2H3,(H,19,21). The maximum Gasteiger partial charge on any atom is 0.251 e. The molecule has 1 atom stereocenters. The summed E-state index contributed by atoms with van der Waals surface area (Å²) in [7, 11) is 0. The lowest BCUT2D eigenvalue weighted by atomic mass is 9.85. The van der Waals surface area contributed by atoms with Crippen LogP contribution < -0.4 is 5.32 Å². The molecule has 21 heavy (non-hydrogen) atoms.